The molecule has 124 valence electrons. The van der Waals surface area contributed by atoms with E-state index in [4.69, 9.17) is 16.3 Å². The molecule has 0 amide bonds. The van der Waals surface area contributed by atoms with Crippen LogP contribution in [0.2, 0.25) is 5.02 Å². The van der Waals surface area contributed by atoms with Crippen LogP contribution in [0.25, 0.3) is 0 Å². The van der Waals surface area contributed by atoms with Gasteiger partial charge >= 0.3 is 0 Å². The molecule has 0 fully saturated rings. The Morgan fingerprint density at radius 3 is 2.39 bits per heavy atom. The molecule has 0 N–H and O–H groups in total. The first-order valence-corrected chi connectivity index (χ1v) is 8.20. The monoisotopic (exact) mass is 334 g/mol. The number of aryl methyl sites for hydroxylation is 3. The van der Waals surface area contributed by atoms with Crippen LogP contribution < -0.4 is 4.74 Å². The lowest BCUT2D eigenvalue weighted by Gasteiger charge is -2.10. The number of carbonyl (C=O) groups excluding carboxylic acids is 1. The van der Waals surface area contributed by atoms with Gasteiger partial charge in [-0.3, -0.25) is 4.79 Å². The van der Waals surface area contributed by atoms with Crippen molar-refractivity contribution >= 4 is 17.5 Å². The summed E-state index contributed by atoms with van der Waals surface area (Å²) in [7, 11) is 0. The summed E-state index contributed by atoms with van der Waals surface area (Å²) in [4.78, 5) is 12.4. The molecule has 5 heteroatoms. The highest BCUT2D eigenvalue weighted by Gasteiger charge is 2.16. The number of hydrogen-bond acceptors (Lipinski definition) is 3. The fourth-order valence-electron chi connectivity index (χ4n) is 2.73. The minimum Gasteiger partial charge on any atom is -0.484 e. The molecule has 4 nitrogen and oxygen atoms in total. The number of hydrogen-bond donors (Lipinski definition) is 0. The van der Waals surface area contributed by atoms with Gasteiger partial charge in [0.15, 0.2) is 6.61 Å². The minimum absolute atomic E-state index is 0.0476. The molecule has 2 rings (SSSR count). The van der Waals surface area contributed by atoms with E-state index in [1.54, 1.807) is 0 Å². The molecular formula is C18H23ClN2O2. The van der Waals surface area contributed by atoms with Gasteiger partial charge in [0.2, 0.25) is 0 Å². The van der Waals surface area contributed by atoms with Crippen molar-refractivity contribution in [2.24, 2.45) is 0 Å². The molecule has 1 aromatic heterocycles. The van der Waals surface area contributed by atoms with Gasteiger partial charge in [0.1, 0.15) is 5.75 Å². The Bertz CT molecular complexity index is 712. The number of rotatable bonds is 5. The molecule has 1 aromatic carbocycles. The van der Waals surface area contributed by atoms with Gasteiger partial charge in [-0.1, -0.05) is 24.9 Å². The first kappa shape index (κ1) is 17.5. The summed E-state index contributed by atoms with van der Waals surface area (Å²) in [6.07, 6.45) is 1.96. The third-order valence-electron chi connectivity index (χ3n) is 3.95. The van der Waals surface area contributed by atoms with Crippen LogP contribution in [0.3, 0.4) is 0 Å². The number of ether oxygens (including phenoxy) is 1. The van der Waals surface area contributed by atoms with E-state index < -0.39 is 0 Å². The molecule has 0 atom stereocenters. The predicted molar refractivity (Wildman–Crippen MR) is 92.7 cm³/mol. The van der Waals surface area contributed by atoms with Crippen LogP contribution in [0.1, 0.15) is 46.2 Å². The summed E-state index contributed by atoms with van der Waals surface area (Å²) in [5, 5.41) is 5.08. The van der Waals surface area contributed by atoms with Crippen LogP contribution in [-0.4, -0.2) is 22.3 Å². The van der Waals surface area contributed by atoms with Gasteiger partial charge in [-0.2, -0.15) is 5.10 Å². The van der Waals surface area contributed by atoms with Gasteiger partial charge in [0, 0.05) is 10.7 Å². The second-order valence-electron chi connectivity index (χ2n) is 5.86. The van der Waals surface area contributed by atoms with Gasteiger partial charge in [-0.15, -0.1) is 0 Å². The molecule has 23 heavy (non-hydrogen) atoms. The molecule has 0 aliphatic carbocycles. The highest BCUT2D eigenvalue weighted by molar-refractivity contribution is 6.32. The van der Waals surface area contributed by atoms with Gasteiger partial charge < -0.3 is 4.74 Å². The normalized spacial score (nSPS) is 10.9. The molecule has 0 radical (unpaired) electrons. The summed E-state index contributed by atoms with van der Waals surface area (Å²) in [5.41, 5.74) is 4.84. The first-order chi connectivity index (χ1) is 10.8. The lowest BCUT2D eigenvalue weighted by molar-refractivity contribution is 0.0818. The Hall–Kier alpha value is -1.81. The van der Waals surface area contributed by atoms with E-state index in [9.17, 15) is 4.79 Å². The molecule has 0 aliphatic heterocycles. The quantitative estimate of drug-likeness (QED) is 0.811. The van der Waals surface area contributed by atoms with Crippen molar-refractivity contribution in [2.45, 2.75) is 47.5 Å². The Labute approximate surface area is 142 Å². The first-order valence-electron chi connectivity index (χ1n) is 7.83. The fraction of sp³-hybridized carbons (Fsp3) is 0.444. The van der Waals surface area contributed by atoms with Crippen LogP contribution in [0.15, 0.2) is 12.1 Å². The van der Waals surface area contributed by atoms with Gasteiger partial charge in [-0.05, 0) is 62.9 Å². The summed E-state index contributed by atoms with van der Waals surface area (Å²) in [6.45, 7) is 9.78. The standard InChI is InChI=1S/C18H23ClN2O2/c1-6-7-16-13(4)20-21(14(16)5)17(22)10-23-15-8-11(2)18(19)12(3)9-15/h8-9H,6-7,10H2,1-5H3. The third kappa shape index (κ3) is 3.75. The molecule has 0 spiro atoms. The zero-order valence-corrected chi connectivity index (χ0v) is 15.1. The van der Waals surface area contributed by atoms with Crippen molar-refractivity contribution in [3.8, 4) is 5.75 Å². The van der Waals surface area contributed by atoms with Crippen LogP contribution in [0.5, 0.6) is 5.75 Å². The Morgan fingerprint density at radius 1 is 1.22 bits per heavy atom. The van der Waals surface area contributed by atoms with E-state index in [1.165, 1.54) is 4.68 Å². The van der Waals surface area contributed by atoms with Crippen molar-refractivity contribution in [2.75, 3.05) is 6.61 Å². The van der Waals surface area contributed by atoms with Gasteiger partial charge in [-0.25, -0.2) is 4.68 Å². The predicted octanol–water partition coefficient (Wildman–Crippen LogP) is 4.44. The van der Waals surface area contributed by atoms with E-state index >= 15 is 0 Å². The zero-order valence-electron chi connectivity index (χ0n) is 14.4. The van der Waals surface area contributed by atoms with E-state index in [-0.39, 0.29) is 12.5 Å². The highest BCUT2D eigenvalue weighted by atomic mass is 35.5. The summed E-state index contributed by atoms with van der Waals surface area (Å²) in [6, 6.07) is 3.68. The maximum Gasteiger partial charge on any atom is 0.284 e. The van der Waals surface area contributed by atoms with Crippen molar-refractivity contribution < 1.29 is 9.53 Å². The smallest absolute Gasteiger partial charge is 0.284 e. The third-order valence-corrected chi connectivity index (χ3v) is 4.55. The highest BCUT2D eigenvalue weighted by Crippen LogP contribution is 2.26. The second kappa shape index (κ2) is 7.18. The summed E-state index contributed by atoms with van der Waals surface area (Å²) >= 11 is 6.14. The van der Waals surface area contributed by atoms with Crippen molar-refractivity contribution in [1.82, 2.24) is 9.78 Å². The number of aromatic nitrogens is 2. The molecule has 1 heterocycles. The topological polar surface area (TPSA) is 44.1 Å². The molecule has 0 saturated heterocycles. The lowest BCUT2D eigenvalue weighted by Crippen LogP contribution is -2.21. The van der Waals surface area contributed by atoms with E-state index in [2.05, 4.69) is 12.0 Å². The zero-order chi connectivity index (χ0) is 17.1. The number of carbonyl (C=O) groups is 1. The molecule has 0 saturated carbocycles. The number of halogens is 1. The molecule has 0 unspecified atom stereocenters. The van der Waals surface area contributed by atoms with E-state index in [0.29, 0.717) is 5.75 Å². The molecule has 0 aliphatic rings. The van der Waals surface area contributed by atoms with Gasteiger partial charge in [0.25, 0.3) is 5.91 Å². The number of nitrogens with zero attached hydrogens (tertiary/aromatic N) is 2. The van der Waals surface area contributed by atoms with E-state index in [1.807, 2.05) is 39.8 Å². The van der Waals surface area contributed by atoms with Crippen LogP contribution in [-0.2, 0) is 6.42 Å². The van der Waals surface area contributed by atoms with Crippen molar-refractivity contribution in [3.05, 3.63) is 45.2 Å². The van der Waals surface area contributed by atoms with Crippen LogP contribution in [0.4, 0.5) is 0 Å². The summed E-state index contributed by atoms with van der Waals surface area (Å²) < 4.78 is 7.09. The van der Waals surface area contributed by atoms with E-state index in [0.717, 1.165) is 45.9 Å². The van der Waals surface area contributed by atoms with Crippen molar-refractivity contribution in [3.63, 3.8) is 0 Å². The maximum atomic E-state index is 12.4. The van der Waals surface area contributed by atoms with Crippen LogP contribution >= 0.6 is 11.6 Å². The van der Waals surface area contributed by atoms with Crippen LogP contribution in [0, 0.1) is 27.7 Å². The number of benzene rings is 1. The maximum absolute atomic E-state index is 12.4. The average Bonchev–Trinajstić information content (AvgIpc) is 2.78. The fourth-order valence-corrected chi connectivity index (χ4v) is 2.83. The SMILES string of the molecule is CCCc1c(C)nn(C(=O)COc2cc(C)c(Cl)c(C)c2)c1C. The Morgan fingerprint density at radius 2 is 1.83 bits per heavy atom. The second-order valence-corrected chi connectivity index (χ2v) is 6.24. The minimum atomic E-state index is -0.168. The largest absolute Gasteiger partial charge is 0.484 e. The Balaban J connectivity index is 2.13. The lowest BCUT2D eigenvalue weighted by atomic mass is 10.1. The average molecular weight is 335 g/mol. The summed E-state index contributed by atoms with van der Waals surface area (Å²) in [5.74, 6) is 0.478. The molecule has 2 aromatic rings. The van der Waals surface area contributed by atoms with Crippen molar-refractivity contribution in [1.29, 1.82) is 0 Å². The molecular weight excluding hydrogens is 312 g/mol. The molecule has 0 bridgehead atoms. The van der Waals surface area contributed by atoms with Gasteiger partial charge in [0.05, 0.1) is 5.69 Å². The Kier molecular flexibility index (Phi) is 5.47.